The number of para-hydroxylation sites is 2. The summed E-state index contributed by atoms with van der Waals surface area (Å²) < 4.78 is 37.5. The Labute approximate surface area is 325 Å². The smallest absolute Gasteiger partial charge is 0.164 e. The number of nitrogens with zero attached hydrogens (tertiary/aromatic N) is 4. The van der Waals surface area contributed by atoms with Gasteiger partial charge in [0.25, 0.3) is 0 Å². The van der Waals surface area contributed by atoms with E-state index in [9.17, 15) is 1.37 Å². The minimum Gasteiger partial charge on any atom is -0.309 e. The summed E-state index contributed by atoms with van der Waals surface area (Å²) in [6.45, 7) is 0. The van der Waals surface area contributed by atoms with Crippen LogP contribution in [0.1, 0.15) is 5.48 Å². The van der Waals surface area contributed by atoms with Gasteiger partial charge in [-0.2, -0.15) is 0 Å². The van der Waals surface area contributed by atoms with E-state index in [0.29, 0.717) is 28.4 Å². The Morgan fingerprint density at radius 1 is 0.364 bits per heavy atom. The predicted octanol–water partition coefficient (Wildman–Crippen LogP) is 13.0. The molecule has 0 saturated carbocycles. The van der Waals surface area contributed by atoms with E-state index >= 15 is 0 Å². The quantitative estimate of drug-likeness (QED) is 0.166. The van der Waals surface area contributed by atoms with Crippen LogP contribution in [0.15, 0.2) is 206 Å². The van der Waals surface area contributed by atoms with Crippen molar-refractivity contribution >= 4 is 21.8 Å². The third-order valence-corrected chi connectivity index (χ3v) is 10.0. The van der Waals surface area contributed by atoms with Crippen LogP contribution in [0.4, 0.5) is 0 Å². The lowest BCUT2D eigenvalue weighted by atomic mass is 9.97. The maximum absolute atomic E-state index is 9.18. The molecule has 0 fully saturated rings. The van der Waals surface area contributed by atoms with Crippen LogP contribution in [-0.2, 0) is 0 Å². The molecule has 2 aromatic heterocycles. The summed E-state index contributed by atoms with van der Waals surface area (Å²) in [6.07, 6.45) is 0. The third-order valence-electron chi connectivity index (χ3n) is 10.0. The molecule has 0 amide bonds. The highest BCUT2D eigenvalue weighted by molar-refractivity contribution is 6.13. The predicted molar refractivity (Wildman–Crippen MR) is 227 cm³/mol. The zero-order valence-electron chi connectivity index (χ0n) is 33.6. The van der Waals surface area contributed by atoms with Crippen molar-refractivity contribution in [1.82, 2.24) is 19.5 Å². The number of benzene rings is 8. The summed E-state index contributed by atoms with van der Waals surface area (Å²) in [4.78, 5) is 14.9. The average Bonchev–Trinajstić information content (AvgIpc) is 3.67. The summed E-state index contributed by atoms with van der Waals surface area (Å²) >= 11 is 0. The molecule has 0 atom stereocenters. The summed E-state index contributed by atoms with van der Waals surface area (Å²) in [7, 11) is 0. The summed E-state index contributed by atoms with van der Waals surface area (Å²) in [5, 5.41) is 1.22. The molecule has 0 radical (unpaired) electrons. The number of fused-ring (bicyclic) bond motifs is 3. The first kappa shape index (κ1) is 28.1. The van der Waals surface area contributed by atoms with E-state index in [0.717, 1.165) is 66.7 Å². The van der Waals surface area contributed by atoms with Gasteiger partial charge in [0.05, 0.1) is 16.5 Å². The maximum Gasteiger partial charge on any atom is 0.164 e. The average molecular weight is 707 g/mol. The fourth-order valence-electron chi connectivity index (χ4n) is 7.31. The van der Waals surface area contributed by atoms with Crippen molar-refractivity contribution in [2.45, 2.75) is 0 Å². The van der Waals surface area contributed by atoms with Crippen molar-refractivity contribution in [3.63, 3.8) is 0 Å². The monoisotopic (exact) mass is 706 g/mol. The van der Waals surface area contributed by atoms with Crippen molar-refractivity contribution in [1.29, 1.82) is 0 Å². The molecule has 0 aliphatic rings. The molecule has 0 bridgehead atoms. The molecule has 0 aliphatic carbocycles. The number of aromatic nitrogens is 4. The Morgan fingerprint density at radius 3 is 1.45 bits per heavy atom. The lowest BCUT2D eigenvalue weighted by Gasteiger charge is -2.13. The third kappa shape index (κ3) is 6.06. The van der Waals surface area contributed by atoms with Crippen LogP contribution >= 0.6 is 0 Å². The second kappa shape index (κ2) is 13.8. The molecule has 0 N–H and O–H groups in total. The van der Waals surface area contributed by atoms with Gasteiger partial charge in [0.2, 0.25) is 0 Å². The molecule has 55 heavy (non-hydrogen) atoms. The Hall–Kier alpha value is -7.43. The second-order valence-electron chi connectivity index (χ2n) is 13.4. The first-order chi connectivity index (χ1) is 28.9. The zero-order chi connectivity index (χ0) is 40.0. The molecule has 0 aliphatic heterocycles. The lowest BCUT2D eigenvalue weighted by molar-refractivity contribution is 1.07. The summed E-state index contributed by atoms with van der Waals surface area (Å²) in [5.41, 5.74) is 10.7. The van der Waals surface area contributed by atoms with Crippen molar-refractivity contribution < 1.29 is 5.48 Å². The van der Waals surface area contributed by atoms with E-state index in [2.05, 4.69) is 60.7 Å². The van der Waals surface area contributed by atoms with Gasteiger partial charge in [-0.3, -0.25) is 0 Å². The van der Waals surface area contributed by atoms with Gasteiger partial charge < -0.3 is 4.57 Å². The SMILES string of the molecule is [2H]c1c([2H])c([2H])c2c(c1[2H])c1cccc(-c3cccc(-c4ccccc4)c3)c1n2-c1ccc(-c2nc(-c3ccccc3)nc(-c3ccc(-c4ccccc4)cc3)n2)cc1. The molecule has 8 aromatic carbocycles. The topological polar surface area (TPSA) is 43.6 Å². The van der Waals surface area contributed by atoms with Gasteiger partial charge in [0.1, 0.15) is 0 Å². The highest BCUT2D eigenvalue weighted by atomic mass is 15.0. The van der Waals surface area contributed by atoms with Crippen molar-refractivity contribution in [2.75, 3.05) is 0 Å². The van der Waals surface area contributed by atoms with Crippen molar-refractivity contribution in [2.24, 2.45) is 0 Å². The Balaban J connectivity index is 1.14. The van der Waals surface area contributed by atoms with E-state index in [4.69, 9.17) is 19.1 Å². The van der Waals surface area contributed by atoms with Crippen LogP contribution in [0.3, 0.4) is 0 Å². The van der Waals surface area contributed by atoms with Crippen molar-refractivity contribution in [3.05, 3.63) is 206 Å². The minimum atomic E-state index is -0.279. The van der Waals surface area contributed by atoms with Gasteiger partial charge in [-0.15, -0.1) is 0 Å². The van der Waals surface area contributed by atoms with E-state index in [1.54, 1.807) is 0 Å². The first-order valence-electron chi connectivity index (χ1n) is 20.2. The molecule has 4 heteroatoms. The molecule has 0 saturated heterocycles. The highest BCUT2D eigenvalue weighted by Crippen LogP contribution is 2.39. The van der Waals surface area contributed by atoms with Crippen LogP contribution in [0.25, 0.3) is 95.0 Å². The minimum absolute atomic E-state index is 0.0699. The standard InChI is InChI=1S/C51H34N4/c1-4-14-35(15-5-1)37-26-28-39(29-27-37)50-52-49(38-18-8-3-9-19-38)53-51(54-50)40-30-32-43(33-31-40)55-47-25-11-10-22-45(47)46-24-13-23-44(48(46)55)42-21-12-20-41(34-42)36-16-6-2-7-17-36/h1-34H/i10D,11D,22D,25D. The van der Waals surface area contributed by atoms with E-state index in [-0.39, 0.29) is 24.2 Å². The summed E-state index contributed by atoms with van der Waals surface area (Å²) in [5.74, 6) is 1.62. The molecule has 2 heterocycles. The molecule has 0 spiro atoms. The molecule has 4 nitrogen and oxygen atoms in total. The largest absolute Gasteiger partial charge is 0.309 e. The van der Waals surface area contributed by atoms with Crippen LogP contribution in [0.5, 0.6) is 0 Å². The fourth-order valence-corrected chi connectivity index (χ4v) is 7.31. The molecular formula is C51H34N4. The van der Waals surface area contributed by atoms with Gasteiger partial charge in [0, 0.05) is 38.7 Å². The molecule has 0 unspecified atom stereocenters. The van der Waals surface area contributed by atoms with E-state index in [1.807, 2.05) is 126 Å². The van der Waals surface area contributed by atoms with Gasteiger partial charge in [-0.25, -0.2) is 15.0 Å². The van der Waals surface area contributed by atoms with Gasteiger partial charge in [-0.05, 0) is 64.2 Å². The Kier molecular flexibility index (Phi) is 7.08. The number of rotatable bonds is 7. The summed E-state index contributed by atoms with van der Waals surface area (Å²) in [6, 6.07) is 60.0. The Morgan fingerprint density at radius 2 is 0.818 bits per heavy atom. The van der Waals surface area contributed by atoms with E-state index in [1.165, 1.54) is 0 Å². The first-order valence-corrected chi connectivity index (χ1v) is 18.2. The Bertz CT molecular complexity index is 3170. The zero-order valence-corrected chi connectivity index (χ0v) is 29.6. The maximum atomic E-state index is 9.18. The van der Waals surface area contributed by atoms with Crippen LogP contribution in [0.2, 0.25) is 0 Å². The van der Waals surface area contributed by atoms with Crippen LogP contribution < -0.4 is 0 Å². The number of hydrogen-bond donors (Lipinski definition) is 0. The molecule has 10 aromatic rings. The number of hydrogen-bond acceptors (Lipinski definition) is 3. The van der Waals surface area contributed by atoms with Crippen LogP contribution in [-0.4, -0.2) is 19.5 Å². The molecule has 258 valence electrons. The van der Waals surface area contributed by atoms with Gasteiger partial charge in [0.15, 0.2) is 17.5 Å². The van der Waals surface area contributed by atoms with Gasteiger partial charge in [-0.1, -0.05) is 170 Å². The van der Waals surface area contributed by atoms with Crippen LogP contribution in [0, 0.1) is 0 Å². The normalized spacial score (nSPS) is 12.3. The molecular weight excluding hydrogens is 669 g/mol. The fraction of sp³-hybridized carbons (Fsp3) is 0. The van der Waals surface area contributed by atoms with Crippen molar-refractivity contribution in [3.8, 4) is 73.2 Å². The lowest BCUT2D eigenvalue weighted by Crippen LogP contribution is -2.01. The molecule has 10 rings (SSSR count). The van der Waals surface area contributed by atoms with E-state index < -0.39 is 0 Å². The second-order valence-corrected chi connectivity index (χ2v) is 13.4. The highest BCUT2D eigenvalue weighted by Gasteiger charge is 2.18. The van der Waals surface area contributed by atoms with Gasteiger partial charge >= 0.3 is 0 Å².